The van der Waals surface area contributed by atoms with Gasteiger partial charge in [-0.25, -0.2) is 4.68 Å². The van der Waals surface area contributed by atoms with Crippen LogP contribution in [0.25, 0.3) is 0 Å². The summed E-state index contributed by atoms with van der Waals surface area (Å²) in [4.78, 5) is 14.9. The number of aryl methyl sites for hydroxylation is 1. The number of hydrogen-bond acceptors (Lipinski definition) is 5. The van der Waals surface area contributed by atoms with E-state index in [9.17, 15) is 4.79 Å². The molecule has 1 aliphatic heterocycles. The number of nitrogens with zero attached hydrogens (tertiary/aromatic N) is 4. The van der Waals surface area contributed by atoms with Gasteiger partial charge >= 0.3 is 0 Å². The first-order valence-corrected chi connectivity index (χ1v) is 8.77. The number of nitrogens with two attached hydrogens (primary N) is 1. The van der Waals surface area contributed by atoms with E-state index >= 15 is 0 Å². The highest BCUT2D eigenvalue weighted by molar-refractivity contribution is 5.80. The molecule has 1 unspecified atom stereocenters. The van der Waals surface area contributed by atoms with E-state index in [1.165, 1.54) is 0 Å². The van der Waals surface area contributed by atoms with E-state index in [2.05, 4.69) is 29.5 Å². The maximum atomic E-state index is 13.0. The third kappa shape index (κ3) is 4.75. The number of aromatic nitrogens is 3. The SMILES string of the molecule is CCC(C)[C@@H](C(=O)N1CCNCC1)n1cc(CCCCN)nn1. The number of carbonyl (C=O) groups excluding carboxylic acids is 1. The average molecular weight is 322 g/mol. The standard InChI is InChI=1S/C16H30N6O/c1-3-13(2)15(16(23)21-10-8-18-9-11-21)22-12-14(19-20-22)6-4-5-7-17/h12-13,15,18H,3-11,17H2,1-2H3/t13?,15-/m0/s1. The van der Waals surface area contributed by atoms with Crippen molar-refractivity contribution in [1.29, 1.82) is 0 Å². The molecule has 7 nitrogen and oxygen atoms in total. The van der Waals surface area contributed by atoms with Crippen LogP contribution in [0.4, 0.5) is 0 Å². The van der Waals surface area contributed by atoms with Crippen molar-refractivity contribution >= 4 is 5.91 Å². The van der Waals surface area contributed by atoms with E-state index in [1.54, 1.807) is 4.68 Å². The van der Waals surface area contributed by atoms with Gasteiger partial charge in [0.1, 0.15) is 6.04 Å². The molecule has 1 saturated heterocycles. The molecule has 3 N–H and O–H groups in total. The number of hydrogen-bond donors (Lipinski definition) is 2. The van der Waals surface area contributed by atoms with Crippen LogP contribution >= 0.6 is 0 Å². The summed E-state index contributed by atoms with van der Waals surface area (Å²) in [6, 6.07) is -0.256. The summed E-state index contributed by atoms with van der Waals surface area (Å²) in [6.07, 6.45) is 5.74. The molecule has 0 spiro atoms. The lowest BCUT2D eigenvalue weighted by atomic mass is 9.97. The van der Waals surface area contributed by atoms with Crippen LogP contribution in [-0.2, 0) is 11.2 Å². The van der Waals surface area contributed by atoms with Crippen LogP contribution in [0.5, 0.6) is 0 Å². The largest absolute Gasteiger partial charge is 0.338 e. The minimum atomic E-state index is -0.256. The highest BCUT2D eigenvalue weighted by Gasteiger charge is 2.31. The molecule has 0 radical (unpaired) electrons. The van der Waals surface area contributed by atoms with Crippen LogP contribution < -0.4 is 11.1 Å². The Kier molecular flexibility index (Phi) is 6.98. The third-order valence-corrected chi connectivity index (χ3v) is 4.59. The van der Waals surface area contributed by atoms with Gasteiger partial charge in [0.2, 0.25) is 5.91 Å². The minimum absolute atomic E-state index is 0.166. The van der Waals surface area contributed by atoms with Crippen molar-refractivity contribution < 1.29 is 4.79 Å². The lowest BCUT2D eigenvalue weighted by Gasteiger charge is -2.32. The van der Waals surface area contributed by atoms with Crippen molar-refractivity contribution in [3.05, 3.63) is 11.9 Å². The Morgan fingerprint density at radius 2 is 2.13 bits per heavy atom. The van der Waals surface area contributed by atoms with Gasteiger partial charge in [0.15, 0.2) is 0 Å². The Morgan fingerprint density at radius 1 is 1.39 bits per heavy atom. The Morgan fingerprint density at radius 3 is 2.78 bits per heavy atom. The predicted octanol–water partition coefficient (Wildman–Crippen LogP) is 0.579. The van der Waals surface area contributed by atoms with Gasteiger partial charge in [-0.15, -0.1) is 5.10 Å². The molecule has 0 aliphatic carbocycles. The van der Waals surface area contributed by atoms with Crippen LogP contribution in [0, 0.1) is 5.92 Å². The minimum Gasteiger partial charge on any atom is -0.338 e. The fraction of sp³-hybridized carbons (Fsp3) is 0.812. The molecule has 2 atom stereocenters. The maximum absolute atomic E-state index is 13.0. The van der Waals surface area contributed by atoms with Gasteiger partial charge < -0.3 is 16.0 Å². The number of nitrogens with one attached hydrogen (secondary N) is 1. The first-order chi connectivity index (χ1) is 11.2. The molecule has 7 heteroatoms. The van der Waals surface area contributed by atoms with Crippen LogP contribution in [0.2, 0.25) is 0 Å². The van der Waals surface area contributed by atoms with Crippen LogP contribution in [0.15, 0.2) is 6.20 Å². The molecule has 0 bridgehead atoms. The summed E-state index contributed by atoms with van der Waals surface area (Å²) in [7, 11) is 0. The van der Waals surface area contributed by atoms with Crippen molar-refractivity contribution in [3.63, 3.8) is 0 Å². The van der Waals surface area contributed by atoms with Gasteiger partial charge in [-0.1, -0.05) is 25.5 Å². The summed E-state index contributed by atoms with van der Waals surface area (Å²) >= 11 is 0. The molecule has 1 aromatic rings. The molecule has 1 amide bonds. The zero-order chi connectivity index (χ0) is 16.7. The molecule has 23 heavy (non-hydrogen) atoms. The fourth-order valence-electron chi connectivity index (χ4n) is 2.93. The lowest BCUT2D eigenvalue weighted by Crippen LogP contribution is -2.49. The van der Waals surface area contributed by atoms with Gasteiger partial charge in [0.05, 0.1) is 5.69 Å². The van der Waals surface area contributed by atoms with E-state index in [0.717, 1.165) is 57.6 Å². The fourth-order valence-corrected chi connectivity index (χ4v) is 2.93. The molecule has 2 rings (SSSR count). The Balaban J connectivity index is 2.09. The van der Waals surface area contributed by atoms with Gasteiger partial charge in [-0.05, 0) is 31.7 Å². The molecule has 0 aromatic carbocycles. The van der Waals surface area contributed by atoms with Gasteiger partial charge in [-0.2, -0.15) is 0 Å². The van der Waals surface area contributed by atoms with Crippen LogP contribution in [0.3, 0.4) is 0 Å². The van der Waals surface area contributed by atoms with Gasteiger partial charge in [-0.3, -0.25) is 4.79 Å². The number of piperazine rings is 1. The summed E-state index contributed by atoms with van der Waals surface area (Å²) in [6.45, 7) is 8.18. The second kappa shape index (κ2) is 8.98. The number of rotatable bonds is 8. The lowest BCUT2D eigenvalue weighted by molar-refractivity contribution is -0.137. The van der Waals surface area contributed by atoms with Crippen molar-refractivity contribution in [2.24, 2.45) is 11.7 Å². The molecule has 130 valence electrons. The number of unbranched alkanes of at least 4 members (excludes halogenated alkanes) is 1. The molecule has 1 aliphatic rings. The summed E-state index contributed by atoms with van der Waals surface area (Å²) < 4.78 is 1.77. The molecule has 0 saturated carbocycles. The summed E-state index contributed by atoms with van der Waals surface area (Å²) in [5, 5.41) is 11.8. The Hall–Kier alpha value is -1.47. The number of amides is 1. The molecular formula is C16H30N6O. The highest BCUT2D eigenvalue weighted by atomic mass is 16.2. The van der Waals surface area contributed by atoms with Gasteiger partial charge in [0.25, 0.3) is 0 Å². The smallest absolute Gasteiger partial charge is 0.247 e. The second-order valence-electron chi connectivity index (χ2n) is 6.34. The molecule has 2 heterocycles. The Labute approximate surface area is 138 Å². The normalized spacial score (nSPS) is 18.0. The first kappa shape index (κ1) is 17.9. The topological polar surface area (TPSA) is 89.1 Å². The highest BCUT2D eigenvalue weighted by Crippen LogP contribution is 2.23. The van der Waals surface area contributed by atoms with Crippen LogP contribution in [0.1, 0.15) is 44.8 Å². The van der Waals surface area contributed by atoms with E-state index in [0.29, 0.717) is 6.54 Å². The van der Waals surface area contributed by atoms with Crippen molar-refractivity contribution in [3.8, 4) is 0 Å². The number of carbonyl (C=O) groups is 1. The van der Waals surface area contributed by atoms with Crippen molar-refractivity contribution in [2.45, 2.75) is 45.6 Å². The zero-order valence-corrected chi connectivity index (χ0v) is 14.4. The monoisotopic (exact) mass is 322 g/mol. The molecule has 1 aromatic heterocycles. The maximum Gasteiger partial charge on any atom is 0.247 e. The summed E-state index contributed by atoms with van der Waals surface area (Å²) in [5.41, 5.74) is 6.47. The molecular weight excluding hydrogens is 292 g/mol. The van der Waals surface area contributed by atoms with E-state index in [1.807, 2.05) is 11.1 Å². The third-order valence-electron chi connectivity index (χ3n) is 4.59. The predicted molar refractivity (Wildman–Crippen MR) is 90.0 cm³/mol. The van der Waals surface area contributed by atoms with E-state index < -0.39 is 0 Å². The van der Waals surface area contributed by atoms with E-state index in [-0.39, 0.29) is 17.9 Å². The first-order valence-electron chi connectivity index (χ1n) is 8.77. The average Bonchev–Trinajstić information content (AvgIpc) is 3.04. The summed E-state index contributed by atoms with van der Waals surface area (Å²) in [5.74, 6) is 0.398. The van der Waals surface area contributed by atoms with E-state index in [4.69, 9.17) is 5.73 Å². The van der Waals surface area contributed by atoms with Gasteiger partial charge in [0, 0.05) is 32.4 Å². The van der Waals surface area contributed by atoms with Crippen LogP contribution in [-0.4, -0.2) is 58.5 Å². The quantitative estimate of drug-likeness (QED) is 0.683. The van der Waals surface area contributed by atoms with Crippen molar-refractivity contribution in [2.75, 3.05) is 32.7 Å². The molecule has 1 fully saturated rings. The Bertz CT molecular complexity index is 483. The zero-order valence-electron chi connectivity index (χ0n) is 14.4. The van der Waals surface area contributed by atoms with Crippen molar-refractivity contribution in [1.82, 2.24) is 25.2 Å². The second-order valence-corrected chi connectivity index (χ2v) is 6.34.